The maximum atomic E-state index is 14.7. The number of nitrogens with two attached hydrogens (primary N) is 1. The zero-order valence-corrected chi connectivity index (χ0v) is 16.0. The second kappa shape index (κ2) is 8.09. The number of amidine groups is 1. The van der Waals surface area contributed by atoms with Crippen LogP contribution < -0.4 is 11.1 Å². The highest BCUT2D eigenvalue weighted by molar-refractivity contribution is 5.98. The van der Waals surface area contributed by atoms with Gasteiger partial charge in [0.2, 0.25) is 0 Å². The van der Waals surface area contributed by atoms with Crippen LogP contribution >= 0.6 is 0 Å². The SMILES string of the molecule is COC(=O)CCNC(=O)c1cc(F)c2c(c1)nc(-c1ccc(C(=N)N)cc1)n2C. The molecule has 0 aliphatic carbocycles. The molecular weight excluding hydrogens is 377 g/mol. The van der Waals surface area contributed by atoms with Crippen molar-refractivity contribution in [1.29, 1.82) is 5.41 Å². The molecule has 0 saturated carbocycles. The molecule has 0 bridgehead atoms. The number of hydrogen-bond donors (Lipinski definition) is 3. The number of carbonyl (C=O) groups is 2. The summed E-state index contributed by atoms with van der Waals surface area (Å²) in [5.74, 6) is -1.07. The number of nitrogens with one attached hydrogen (secondary N) is 2. The van der Waals surface area contributed by atoms with E-state index in [2.05, 4.69) is 15.0 Å². The predicted octanol–water partition coefficient (Wildman–Crippen LogP) is 1.96. The average molecular weight is 397 g/mol. The number of esters is 1. The van der Waals surface area contributed by atoms with Crippen LogP contribution in [0.4, 0.5) is 4.39 Å². The Morgan fingerprint density at radius 2 is 1.93 bits per heavy atom. The van der Waals surface area contributed by atoms with Gasteiger partial charge in [-0.15, -0.1) is 0 Å². The van der Waals surface area contributed by atoms with Crippen molar-refractivity contribution in [2.45, 2.75) is 6.42 Å². The van der Waals surface area contributed by atoms with Crippen LogP contribution in [0.25, 0.3) is 22.4 Å². The Labute approximate surface area is 166 Å². The first kappa shape index (κ1) is 20.0. The van der Waals surface area contributed by atoms with Crippen molar-refractivity contribution in [3.8, 4) is 11.4 Å². The maximum absolute atomic E-state index is 14.7. The van der Waals surface area contributed by atoms with Crippen molar-refractivity contribution in [1.82, 2.24) is 14.9 Å². The van der Waals surface area contributed by atoms with Crippen LogP contribution in [0.15, 0.2) is 36.4 Å². The summed E-state index contributed by atoms with van der Waals surface area (Å²) in [6.07, 6.45) is 0.0248. The lowest BCUT2D eigenvalue weighted by Crippen LogP contribution is -2.26. The molecule has 2 aromatic carbocycles. The van der Waals surface area contributed by atoms with Crippen molar-refractivity contribution in [3.05, 3.63) is 53.3 Å². The number of fused-ring (bicyclic) bond motifs is 1. The number of ether oxygens (including phenoxy) is 1. The molecule has 0 aliphatic heterocycles. The summed E-state index contributed by atoms with van der Waals surface area (Å²) in [5.41, 5.74) is 7.46. The van der Waals surface area contributed by atoms with Gasteiger partial charge in [-0.05, 0) is 12.1 Å². The molecule has 8 nitrogen and oxygen atoms in total. The topological polar surface area (TPSA) is 123 Å². The zero-order chi connectivity index (χ0) is 21.1. The third kappa shape index (κ3) is 4.08. The van der Waals surface area contributed by atoms with Gasteiger partial charge in [-0.1, -0.05) is 24.3 Å². The molecule has 0 spiro atoms. The number of nitrogen functional groups attached to an aromatic ring is 1. The minimum absolute atomic E-state index is 0.0248. The molecule has 1 heterocycles. The molecule has 3 rings (SSSR count). The lowest BCUT2D eigenvalue weighted by atomic mass is 10.1. The molecule has 4 N–H and O–H groups in total. The first-order chi connectivity index (χ1) is 13.8. The number of imidazole rings is 1. The molecule has 3 aromatic rings. The Morgan fingerprint density at radius 1 is 1.24 bits per heavy atom. The standard InChI is InChI=1S/C20H20FN5O3/c1-26-17-14(21)9-13(20(28)24-8-7-16(27)29-2)10-15(17)25-19(26)12-5-3-11(4-6-12)18(22)23/h3-6,9-10H,7-8H2,1-2H3,(H3,22,23)(H,24,28). The second-order valence-corrected chi connectivity index (χ2v) is 6.39. The summed E-state index contributed by atoms with van der Waals surface area (Å²) < 4.78 is 20.8. The molecule has 0 fully saturated rings. The Kier molecular flexibility index (Phi) is 5.58. The number of amides is 1. The quantitative estimate of drug-likeness (QED) is 0.333. The number of halogens is 1. The van der Waals surface area contributed by atoms with Crippen LogP contribution in [0.2, 0.25) is 0 Å². The molecule has 9 heteroatoms. The molecule has 29 heavy (non-hydrogen) atoms. The normalized spacial score (nSPS) is 10.7. The fourth-order valence-electron chi connectivity index (χ4n) is 2.97. The van der Waals surface area contributed by atoms with Crippen molar-refractivity contribution in [2.75, 3.05) is 13.7 Å². The molecular formula is C20H20FN5O3. The van der Waals surface area contributed by atoms with Gasteiger partial charge in [0.25, 0.3) is 5.91 Å². The van der Waals surface area contributed by atoms with Crippen LogP contribution in [0.1, 0.15) is 22.3 Å². The van der Waals surface area contributed by atoms with E-state index in [1.807, 2.05) is 0 Å². The molecule has 1 aromatic heterocycles. The van der Waals surface area contributed by atoms with Crippen molar-refractivity contribution < 1.29 is 18.7 Å². The van der Waals surface area contributed by atoms with Crippen LogP contribution in [-0.4, -0.2) is 40.9 Å². The van der Waals surface area contributed by atoms with Gasteiger partial charge in [0, 0.05) is 30.3 Å². The average Bonchev–Trinajstić information content (AvgIpc) is 3.04. The van der Waals surface area contributed by atoms with Gasteiger partial charge in [0.05, 0.1) is 19.0 Å². The molecule has 150 valence electrons. The van der Waals surface area contributed by atoms with Crippen LogP contribution in [0.5, 0.6) is 0 Å². The maximum Gasteiger partial charge on any atom is 0.307 e. The number of aryl methyl sites for hydroxylation is 1. The van der Waals surface area contributed by atoms with E-state index in [9.17, 15) is 14.0 Å². The molecule has 0 aliphatic rings. The number of aromatic nitrogens is 2. The number of benzene rings is 2. The highest BCUT2D eigenvalue weighted by atomic mass is 19.1. The third-order valence-corrected chi connectivity index (χ3v) is 4.48. The number of rotatable bonds is 6. The lowest BCUT2D eigenvalue weighted by Gasteiger charge is -2.06. The fourth-order valence-corrected chi connectivity index (χ4v) is 2.97. The summed E-state index contributed by atoms with van der Waals surface area (Å²) in [6.45, 7) is 0.0845. The van der Waals surface area contributed by atoms with Gasteiger partial charge in [0.1, 0.15) is 23.0 Å². The summed E-state index contributed by atoms with van der Waals surface area (Å²) >= 11 is 0. The smallest absolute Gasteiger partial charge is 0.307 e. The number of carbonyl (C=O) groups excluding carboxylic acids is 2. The Balaban J connectivity index is 1.91. The molecule has 0 radical (unpaired) electrons. The number of methoxy groups -OCH3 is 1. The van der Waals surface area contributed by atoms with E-state index in [0.717, 1.165) is 11.6 Å². The minimum Gasteiger partial charge on any atom is -0.469 e. The summed E-state index contributed by atoms with van der Waals surface area (Å²) in [6, 6.07) is 9.51. The van der Waals surface area contributed by atoms with Crippen molar-refractivity contribution >= 4 is 28.7 Å². The van der Waals surface area contributed by atoms with Crippen LogP contribution in [0.3, 0.4) is 0 Å². The van der Waals surface area contributed by atoms with Gasteiger partial charge in [-0.2, -0.15) is 0 Å². The zero-order valence-electron chi connectivity index (χ0n) is 16.0. The first-order valence-electron chi connectivity index (χ1n) is 8.77. The van der Waals surface area contributed by atoms with Crippen LogP contribution in [-0.2, 0) is 16.6 Å². The first-order valence-corrected chi connectivity index (χ1v) is 8.77. The predicted molar refractivity (Wildman–Crippen MR) is 106 cm³/mol. The Hall–Kier alpha value is -3.75. The van der Waals surface area contributed by atoms with E-state index in [0.29, 0.717) is 16.9 Å². The summed E-state index contributed by atoms with van der Waals surface area (Å²) in [7, 11) is 2.95. The Bertz CT molecular complexity index is 1110. The second-order valence-electron chi connectivity index (χ2n) is 6.39. The van der Waals surface area contributed by atoms with E-state index >= 15 is 0 Å². The third-order valence-electron chi connectivity index (χ3n) is 4.48. The van der Waals surface area contributed by atoms with Gasteiger partial charge in [-0.25, -0.2) is 9.37 Å². The van der Waals surface area contributed by atoms with E-state index in [1.54, 1.807) is 35.9 Å². The number of nitrogens with zero attached hydrogens (tertiary/aromatic N) is 2. The van der Waals surface area contributed by atoms with Gasteiger partial charge in [0.15, 0.2) is 0 Å². The van der Waals surface area contributed by atoms with Crippen molar-refractivity contribution in [3.63, 3.8) is 0 Å². The minimum atomic E-state index is -0.581. The van der Waals surface area contributed by atoms with Crippen LogP contribution in [0, 0.1) is 11.2 Å². The van der Waals surface area contributed by atoms with E-state index in [4.69, 9.17) is 11.1 Å². The number of hydrogen-bond acceptors (Lipinski definition) is 5. The highest BCUT2D eigenvalue weighted by Crippen LogP contribution is 2.27. The summed E-state index contributed by atoms with van der Waals surface area (Å²) in [5, 5.41) is 10.0. The van der Waals surface area contributed by atoms with E-state index in [1.165, 1.54) is 13.2 Å². The van der Waals surface area contributed by atoms with Gasteiger partial charge >= 0.3 is 5.97 Å². The monoisotopic (exact) mass is 397 g/mol. The lowest BCUT2D eigenvalue weighted by molar-refractivity contribution is -0.140. The molecule has 0 saturated heterocycles. The fraction of sp³-hybridized carbons (Fsp3) is 0.200. The molecule has 1 amide bonds. The largest absolute Gasteiger partial charge is 0.469 e. The van der Waals surface area contributed by atoms with E-state index in [-0.39, 0.29) is 29.9 Å². The summed E-state index contributed by atoms with van der Waals surface area (Å²) in [4.78, 5) is 27.9. The van der Waals surface area contributed by atoms with Gasteiger partial charge < -0.3 is 20.4 Å². The van der Waals surface area contributed by atoms with E-state index < -0.39 is 17.7 Å². The molecule has 0 unspecified atom stereocenters. The molecule has 0 atom stereocenters. The Morgan fingerprint density at radius 3 is 2.55 bits per heavy atom. The highest BCUT2D eigenvalue weighted by Gasteiger charge is 2.17. The van der Waals surface area contributed by atoms with Crippen molar-refractivity contribution in [2.24, 2.45) is 12.8 Å². The van der Waals surface area contributed by atoms with Gasteiger partial charge in [-0.3, -0.25) is 15.0 Å².